The molecule has 0 atom stereocenters. The highest BCUT2D eigenvalue weighted by molar-refractivity contribution is 6.30. The molecule has 2 rings (SSSR count). The van der Waals surface area contributed by atoms with Gasteiger partial charge < -0.3 is 4.90 Å². The van der Waals surface area contributed by atoms with Crippen LogP contribution in [-0.4, -0.2) is 34.1 Å². The molecule has 1 aliphatic rings. The van der Waals surface area contributed by atoms with Gasteiger partial charge >= 0.3 is 5.69 Å². The smallest absolute Gasteiger partial charge is 0.303 e. The Labute approximate surface area is 117 Å². The molecule has 0 bridgehead atoms. The van der Waals surface area contributed by atoms with Crippen molar-refractivity contribution >= 4 is 11.6 Å². The van der Waals surface area contributed by atoms with E-state index in [-0.39, 0.29) is 10.7 Å². The van der Waals surface area contributed by atoms with Gasteiger partial charge in [-0.3, -0.25) is 14.3 Å². The van der Waals surface area contributed by atoms with Crippen LogP contribution in [0.25, 0.3) is 0 Å². The highest BCUT2D eigenvalue weighted by Gasteiger charge is 2.13. The lowest BCUT2D eigenvalue weighted by Crippen LogP contribution is -2.38. The third-order valence-corrected chi connectivity index (χ3v) is 3.96. The van der Waals surface area contributed by atoms with Gasteiger partial charge in [-0.2, -0.15) is 0 Å². The second-order valence-corrected chi connectivity index (χ2v) is 5.31. The molecule has 0 unspecified atom stereocenters. The number of nitrogens with zero attached hydrogens (tertiary/aromatic N) is 2. The summed E-state index contributed by atoms with van der Waals surface area (Å²) >= 11 is 5.87. The van der Waals surface area contributed by atoms with E-state index in [1.54, 1.807) is 0 Å². The molecule has 1 aromatic rings. The van der Waals surface area contributed by atoms with Crippen LogP contribution in [0.15, 0.2) is 9.59 Å². The van der Waals surface area contributed by atoms with Gasteiger partial charge in [-0.1, -0.05) is 18.5 Å². The van der Waals surface area contributed by atoms with Crippen molar-refractivity contribution < 1.29 is 0 Å². The first-order chi connectivity index (χ1) is 9.13. The van der Waals surface area contributed by atoms with Gasteiger partial charge in [0.2, 0.25) is 0 Å². The summed E-state index contributed by atoms with van der Waals surface area (Å²) in [5.74, 6) is 0. The molecule has 0 saturated carbocycles. The third-order valence-electron chi connectivity index (χ3n) is 3.64. The lowest BCUT2D eigenvalue weighted by atomic mass is 10.2. The lowest BCUT2D eigenvalue weighted by Gasteiger charge is -2.14. The standard InChI is InChI=1S/C13H20ClN3O2/c1-2-10-11(14)15-13(19)17(12(10)18)9-5-8-16-6-3-4-7-16/h2-9H2,1H3,(H,15,19). The average Bonchev–Trinajstić information content (AvgIpc) is 2.86. The van der Waals surface area contributed by atoms with E-state index in [9.17, 15) is 9.59 Å². The Kier molecular flexibility index (Phi) is 4.82. The fourth-order valence-electron chi connectivity index (χ4n) is 2.55. The fourth-order valence-corrected chi connectivity index (χ4v) is 2.85. The molecule has 106 valence electrons. The molecule has 1 fully saturated rings. The summed E-state index contributed by atoms with van der Waals surface area (Å²) in [4.78, 5) is 28.8. The molecule has 1 N–H and O–H groups in total. The van der Waals surface area contributed by atoms with E-state index in [1.807, 2.05) is 6.92 Å². The van der Waals surface area contributed by atoms with Crippen LogP contribution in [0.2, 0.25) is 5.15 Å². The van der Waals surface area contributed by atoms with Crippen LogP contribution in [0.3, 0.4) is 0 Å². The molecule has 5 nitrogen and oxygen atoms in total. The normalized spacial score (nSPS) is 16.1. The van der Waals surface area contributed by atoms with Crippen molar-refractivity contribution in [3.05, 3.63) is 31.6 Å². The second kappa shape index (κ2) is 6.39. The molecule has 2 heterocycles. The van der Waals surface area contributed by atoms with Crippen LogP contribution < -0.4 is 11.2 Å². The molecule has 0 amide bonds. The van der Waals surface area contributed by atoms with E-state index in [1.165, 1.54) is 17.4 Å². The summed E-state index contributed by atoms with van der Waals surface area (Å²) in [7, 11) is 0. The molecule has 19 heavy (non-hydrogen) atoms. The van der Waals surface area contributed by atoms with Crippen molar-refractivity contribution in [2.75, 3.05) is 19.6 Å². The molecule has 0 aromatic carbocycles. The minimum Gasteiger partial charge on any atom is -0.303 e. The van der Waals surface area contributed by atoms with Crippen molar-refractivity contribution in [3.63, 3.8) is 0 Å². The van der Waals surface area contributed by atoms with E-state index < -0.39 is 5.69 Å². The van der Waals surface area contributed by atoms with Gasteiger partial charge in [-0.15, -0.1) is 0 Å². The third kappa shape index (κ3) is 3.28. The first-order valence-corrected chi connectivity index (χ1v) is 7.25. The largest absolute Gasteiger partial charge is 0.329 e. The zero-order valence-electron chi connectivity index (χ0n) is 11.2. The number of hydrogen-bond donors (Lipinski definition) is 1. The van der Waals surface area contributed by atoms with Crippen molar-refractivity contribution in [1.29, 1.82) is 0 Å². The van der Waals surface area contributed by atoms with E-state index in [4.69, 9.17) is 11.6 Å². The zero-order chi connectivity index (χ0) is 13.8. The Bertz CT molecular complexity index is 544. The molecule has 1 saturated heterocycles. The van der Waals surface area contributed by atoms with Crippen LogP contribution in [0.5, 0.6) is 0 Å². The van der Waals surface area contributed by atoms with Crippen LogP contribution in [0.1, 0.15) is 31.7 Å². The van der Waals surface area contributed by atoms with Gasteiger partial charge in [0.05, 0.1) is 5.56 Å². The lowest BCUT2D eigenvalue weighted by molar-refractivity contribution is 0.323. The van der Waals surface area contributed by atoms with Crippen molar-refractivity contribution in [2.24, 2.45) is 0 Å². The molecule has 0 aliphatic carbocycles. The van der Waals surface area contributed by atoms with Crippen LogP contribution in [0.4, 0.5) is 0 Å². The molecular weight excluding hydrogens is 266 g/mol. The number of rotatable bonds is 5. The number of hydrogen-bond acceptors (Lipinski definition) is 3. The molecule has 1 aromatic heterocycles. The maximum absolute atomic E-state index is 12.1. The van der Waals surface area contributed by atoms with Crippen LogP contribution >= 0.6 is 11.6 Å². The monoisotopic (exact) mass is 285 g/mol. The molecule has 0 spiro atoms. The summed E-state index contributed by atoms with van der Waals surface area (Å²) in [6.45, 7) is 5.51. The van der Waals surface area contributed by atoms with Crippen molar-refractivity contribution in [3.8, 4) is 0 Å². The van der Waals surface area contributed by atoms with Gasteiger partial charge in [-0.25, -0.2) is 4.79 Å². The quantitative estimate of drug-likeness (QED) is 0.828. The number of nitrogens with one attached hydrogen (secondary N) is 1. The van der Waals surface area contributed by atoms with E-state index in [2.05, 4.69) is 9.88 Å². The van der Waals surface area contributed by atoms with E-state index in [0.29, 0.717) is 18.5 Å². The van der Waals surface area contributed by atoms with Gasteiger partial charge in [0, 0.05) is 6.54 Å². The summed E-state index contributed by atoms with van der Waals surface area (Å²) in [6, 6.07) is 0. The molecule has 1 aliphatic heterocycles. The first-order valence-electron chi connectivity index (χ1n) is 6.87. The maximum atomic E-state index is 12.1. The van der Waals surface area contributed by atoms with Crippen molar-refractivity contribution in [1.82, 2.24) is 14.5 Å². The fraction of sp³-hybridized carbons (Fsp3) is 0.692. The summed E-state index contributed by atoms with van der Waals surface area (Å²) < 4.78 is 1.26. The van der Waals surface area contributed by atoms with Gasteiger partial charge in [-0.05, 0) is 45.3 Å². The Balaban J connectivity index is 2.07. The van der Waals surface area contributed by atoms with Gasteiger partial charge in [0.25, 0.3) is 5.56 Å². The maximum Gasteiger partial charge on any atom is 0.329 e. The number of aromatic amines is 1. The van der Waals surface area contributed by atoms with Gasteiger partial charge in [0.1, 0.15) is 5.15 Å². The Morgan fingerprint density at radius 1 is 1.21 bits per heavy atom. The molecule has 6 heteroatoms. The van der Waals surface area contributed by atoms with Crippen molar-refractivity contribution in [2.45, 2.75) is 39.2 Å². The topological polar surface area (TPSA) is 58.1 Å². The SMILES string of the molecule is CCc1c(Cl)[nH]c(=O)n(CCCN2CCCC2)c1=O. The highest BCUT2D eigenvalue weighted by Crippen LogP contribution is 2.08. The highest BCUT2D eigenvalue weighted by atomic mass is 35.5. The molecular formula is C13H20ClN3O2. The summed E-state index contributed by atoms with van der Waals surface area (Å²) in [6.07, 6.45) is 3.84. The summed E-state index contributed by atoms with van der Waals surface area (Å²) in [5, 5.41) is 0.174. The minimum atomic E-state index is -0.409. The van der Waals surface area contributed by atoms with Gasteiger partial charge in [0.15, 0.2) is 0 Å². The summed E-state index contributed by atoms with van der Waals surface area (Å²) in [5.41, 5.74) is -0.172. The first kappa shape index (κ1) is 14.3. The number of likely N-dealkylation sites (tertiary alicyclic amines) is 1. The predicted octanol–water partition coefficient (Wildman–Crippen LogP) is 1.24. The predicted molar refractivity (Wildman–Crippen MR) is 76.0 cm³/mol. The van der Waals surface area contributed by atoms with Crippen LogP contribution in [-0.2, 0) is 13.0 Å². The Morgan fingerprint density at radius 3 is 2.53 bits per heavy atom. The zero-order valence-corrected chi connectivity index (χ0v) is 12.0. The minimum absolute atomic E-state index is 0.174. The average molecular weight is 286 g/mol. The Morgan fingerprint density at radius 2 is 1.89 bits per heavy atom. The number of H-pyrrole nitrogens is 1. The number of halogens is 1. The Hall–Kier alpha value is -1.07. The molecule has 0 radical (unpaired) electrons. The van der Waals surface area contributed by atoms with E-state index >= 15 is 0 Å². The van der Waals surface area contributed by atoms with E-state index in [0.717, 1.165) is 26.1 Å². The second-order valence-electron chi connectivity index (χ2n) is 4.94. The van der Waals surface area contributed by atoms with Crippen LogP contribution in [0, 0.1) is 0 Å². The number of aromatic nitrogens is 2.